The van der Waals surface area contributed by atoms with Crippen LogP contribution in [0.1, 0.15) is 24.8 Å². The fraction of sp³-hybridized carbons (Fsp3) is 0.562. The summed E-state index contributed by atoms with van der Waals surface area (Å²) in [7, 11) is -2.10. The van der Waals surface area contributed by atoms with Crippen molar-refractivity contribution in [2.24, 2.45) is 0 Å². The van der Waals surface area contributed by atoms with Gasteiger partial charge in [-0.2, -0.15) is 0 Å². The van der Waals surface area contributed by atoms with Crippen LogP contribution >= 0.6 is 0 Å². The van der Waals surface area contributed by atoms with Gasteiger partial charge >= 0.3 is 0 Å². The van der Waals surface area contributed by atoms with E-state index in [-0.39, 0.29) is 30.4 Å². The largest absolute Gasteiger partial charge is 0.393 e. The summed E-state index contributed by atoms with van der Waals surface area (Å²) in [5.74, 6) is -0.0755. The minimum atomic E-state index is -3.46. The van der Waals surface area contributed by atoms with Crippen molar-refractivity contribution in [2.75, 3.05) is 26.7 Å². The molecule has 0 aromatic heterocycles. The number of aliphatic hydroxyl groups is 2. The van der Waals surface area contributed by atoms with Crippen molar-refractivity contribution in [3.8, 4) is 0 Å². The van der Waals surface area contributed by atoms with Gasteiger partial charge < -0.3 is 15.1 Å². The predicted molar refractivity (Wildman–Crippen MR) is 88.9 cm³/mol. The van der Waals surface area contributed by atoms with Crippen LogP contribution in [0.4, 0.5) is 0 Å². The highest BCUT2D eigenvalue weighted by molar-refractivity contribution is 7.89. The van der Waals surface area contributed by atoms with Gasteiger partial charge in [0.05, 0.1) is 18.0 Å². The number of nitrogens with one attached hydrogen (secondary N) is 1. The topological polar surface area (TPSA) is 107 Å². The van der Waals surface area contributed by atoms with Crippen LogP contribution in [0.15, 0.2) is 29.2 Å². The van der Waals surface area contributed by atoms with Crippen LogP contribution in [-0.4, -0.2) is 61.8 Å². The van der Waals surface area contributed by atoms with E-state index in [0.717, 1.165) is 5.56 Å². The van der Waals surface area contributed by atoms with Crippen LogP contribution in [0.25, 0.3) is 0 Å². The Bertz CT molecular complexity index is 674. The molecule has 2 rings (SSSR count). The number of nitrogens with zero attached hydrogens (tertiary/aromatic N) is 1. The van der Waals surface area contributed by atoms with Crippen LogP contribution in [0.5, 0.6) is 0 Å². The lowest BCUT2D eigenvalue weighted by molar-refractivity contribution is -0.140. The Labute approximate surface area is 142 Å². The Morgan fingerprint density at radius 3 is 2.58 bits per heavy atom. The monoisotopic (exact) mass is 356 g/mol. The Kier molecular flexibility index (Phi) is 5.97. The molecule has 0 unspecified atom stereocenters. The first-order valence-electron chi connectivity index (χ1n) is 7.93. The lowest BCUT2D eigenvalue weighted by atomic mass is 9.93. The van der Waals surface area contributed by atoms with Crippen molar-refractivity contribution in [1.29, 1.82) is 0 Å². The van der Waals surface area contributed by atoms with Gasteiger partial charge in [0.15, 0.2) is 0 Å². The third kappa shape index (κ3) is 4.54. The van der Waals surface area contributed by atoms with Gasteiger partial charge in [0.2, 0.25) is 15.9 Å². The predicted octanol–water partition coefficient (Wildman–Crippen LogP) is -0.127. The zero-order valence-corrected chi connectivity index (χ0v) is 14.6. The van der Waals surface area contributed by atoms with E-state index in [1.807, 2.05) is 0 Å². The minimum absolute atomic E-state index is 0.0755. The first kappa shape index (κ1) is 18.9. The molecule has 7 nitrogen and oxygen atoms in total. The molecule has 1 saturated heterocycles. The average Bonchev–Trinajstić information content (AvgIpc) is 2.60. The summed E-state index contributed by atoms with van der Waals surface area (Å²) in [4.78, 5) is 14.0. The van der Waals surface area contributed by atoms with E-state index >= 15 is 0 Å². The van der Waals surface area contributed by atoms with E-state index in [1.54, 1.807) is 17.0 Å². The molecule has 8 heteroatoms. The maximum atomic E-state index is 12.3. The van der Waals surface area contributed by atoms with Crippen molar-refractivity contribution < 1.29 is 23.4 Å². The minimum Gasteiger partial charge on any atom is -0.393 e. The summed E-state index contributed by atoms with van der Waals surface area (Å²) >= 11 is 0. The van der Waals surface area contributed by atoms with Gasteiger partial charge in [0.25, 0.3) is 0 Å². The van der Waals surface area contributed by atoms with Crippen molar-refractivity contribution >= 4 is 15.9 Å². The Balaban J connectivity index is 1.92. The van der Waals surface area contributed by atoms with E-state index in [2.05, 4.69) is 4.72 Å². The number of carbonyl (C=O) groups excluding carboxylic acids is 1. The van der Waals surface area contributed by atoms with E-state index < -0.39 is 15.6 Å². The zero-order valence-electron chi connectivity index (χ0n) is 13.7. The number of likely N-dealkylation sites (tertiary alicyclic amines) is 1. The molecule has 3 N–H and O–H groups in total. The number of sulfonamides is 1. The molecule has 24 heavy (non-hydrogen) atoms. The lowest BCUT2D eigenvalue weighted by Crippen LogP contribution is -2.52. The van der Waals surface area contributed by atoms with Crippen LogP contribution < -0.4 is 4.72 Å². The third-order valence-corrected chi connectivity index (χ3v) is 5.76. The second-order valence-electron chi connectivity index (χ2n) is 6.15. The molecule has 0 bridgehead atoms. The van der Waals surface area contributed by atoms with Crippen molar-refractivity contribution in [2.45, 2.75) is 36.2 Å². The van der Waals surface area contributed by atoms with Gasteiger partial charge in [0, 0.05) is 13.0 Å². The highest BCUT2D eigenvalue weighted by atomic mass is 32.2. The first-order chi connectivity index (χ1) is 11.3. The molecular formula is C16H24N2O5S. The molecule has 1 fully saturated rings. The molecule has 1 heterocycles. The van der Waals surface area contributed by atoms with Crippen LogP contribution in [-0.2, 0) is 21.2 Å². The molecule has 0 radical (unpaired) electrons. The molecular weight excluding hydrogens is 332 g/mol. The summed E-state index contributed by atoms with van der Waals surface area (Å²) < 4.78 is 25.6. The highest BCUT2D eigenvalue weighted by Crippen LogP contribution is 2.21. The van der Waals surface area contributed by atoms with Gasteiger partial charge in [-0.15, -0.1) is 0 Å². The summed E-state index contributed by atoms with van der Waals surface area (Å²) in [5, 5.41) is 19.3. The summed E-state index contributed by atoms with van der Waals surface area (Å²) in [6.45, 7) is 0.389. The number of piperidine rings is 1. The van der Waals surface area contributed by atoms with E-state index in [4.69, 9.17) is 0 Å². The van der Waals surface area contributed by atoms with Crippen molar-refractivity contribution in [3.63, 3.8) is 0 Å². The van der Waals surface area contributed by atoms with E-state index in [9.17, 15) is 23.4 Å². The molecule has 1 amide bonds. The summed E-state index contributed by atoms with van der Waals surface area (Å²) in [6, 6.07) is 6.41. The molecule has 1 atom stereocenters. The lowest BCUT2D eigenvalue weighted by Gasteiger charge is -2.38. The van der Waals surface area contributed by atoms with Crippen LogP contribution in [0, 0.1) is 0 Å². The highest BCUT2D eigenvalue weighted by Gasteiger charge is 2.34. The molecule has 0 aliphatic carbocycles. The Morgan fingerprint density at radius 1 is 1.33 bits per heavy atom. The molecule has 1 aliphatic heterocycles. The average molecular weight is 356 g/mol. The summed E-state index contributed by atoms with van der Waals surface area (Å²) in [5.41, 5.74) is -0.329. The molecule has 0 spiro atoms. The van der Waals surface area contributed by atoms with E-state index in [1.165, 1.54) is 19.2 Å². The number of rotatable bonds is 6. The second-order valence-corrected chi connectivity index (χ2v) is 8.04. The smallest absolute Gasteiger partial charge is 0.240 e. The quantitative estimate of drug-likeness (QED) is 0.658. The van der Waals surface area contributed by atoms with Crippen LogP contribution in [0.3, 0.4) is 0 Å². The van der Waals surface area contributed by atoms with E-state index in [0.29, 0.717) is 25.8 Å². The normalized spacial score (nSPS) is 21.7. The third-order valence-electron chi connectivity index (χ3n) is 4.33. The SMILES string of the molecule is CNS(=O)(=O)c1ccc(CCC(=O)N2CCC[C@](O)(CO)C2)cc1. The Hall–Kier alpha value is -1.48. The van der Waals surface area contributed by atoms with Gasteiger partial charge in [0.1, 0.15) is 5.60 Å². The van der Waals surface area contributed by atoms with Gasteiger partial charge in [-0.1, -0.05) is 12.1 Å². The van der Waals surface area contributed by atoms with Crippen molar-refractivity contribution in [1.82, 2.24) is 9.62 Å². The number of amides is 1. The second kappa shape index (κ2) is 7.60. The van der Waals surface area contributed by atoms with Gasteiger partial charge in [-0.3, -0.25) is 4.79 Å². The molecule has 1 aromatic rings. The fourth-order valence-corrected chi connectivity index (χ4v) is 3.55. The maximum Gasteiger partial charge on any atom is 0.240 e. The number of benzene rings is 1. The van der Waals surface area contributed by atoms with Crippen molar-refractivity contribution in [3.05, 3.63) is 29.8 Å². The van der Waals surface area contributed by atoms with Gasteiger partial charge in [-0.25, -0.2) is 13.1 Å². The first-order valence-corrected chi connectivity index (χ1v) is 9.41. The number of aryl methyl sites for hydroxylation is 1. The Morgan fingerprint density at radius 2 is 2.00 bits per heavy atom. The maximum absolute atomic E-state index is 12.3. The number of hydrogen-bond acceptors (Lipinski definition) is 5. The van der Waals surface area contributed by atoms with Gasteiger partial charge in [-0.05, 0) is 44.0 Å². The molecule has 134 valence electrons. The fourth-order valence-electron chi connectivity index (χ4n) is 2.82. The molecule has 1 aromatic carbocycles. The number of hydrogen-bond donors (Lipinski definition) is 3. The molecule has 0 saturated carbocycles. The van der Waals surface area contributed by atoms with Crippen LogP contribution in [0.2, 0.25) is 0 Å². The molecule has 1 aliphatic rings. The number of aliphatic hydroxyl groups excluding tert-OH is 1. The standard InChI is InChI=1S/C16H24N2O5S/c1-17-24(22,23)14-6-3-13(4-7-14)5-8-15(20)18-10-2-9-16(21,11-18)12-19/h3-4,6-7,17,19,21H,2,5,8-12H2,1H3/t16-/m1/s1. The summed E-state index contributed by atoms with van der Waals surface area (Å²) in [6.07, 6.45) is 1.93. The zero-order chi connectivity index (χ0) is 17.8. The number of carbonyl (C=O) groups is 1. The number of β-amino-alcohol motifs (C(OH)–C–C–N with tert-alkyl or cyclic N) is 1.